The zero-order chi connectivity index (χ0) is 17.6. The summed E-state index contributed by atoms with van der Waals surface area (Å²) in [7, 11) is 0. The van der Waals surface area contributed by atoms with E-state index in [9.17, 15) is 4.79 Å². The molecule has 4 fully saturated rings. The van der Waals surface area contributed by atoms with Crippen LogP contribution in [0, 0.1) is 17.8 Å². The molecule has 1 amide bonds. The highest BCUT2D eigenvalue weighted by Crippen LogP contribution is 2.55. The van der Waals surface area contributed by atoms with Crippen molar-refractivity contribution in [2.75, 3.05) is 5.32 Å². The third kappa shape index (κ3) is 3.48. The summed E-state index contributed by atoms with van der Waals surface area (Å²) in [5.74, 6) is 3.31. The van der Waals surface area contributed by atoms with Crippen molar-refractivity contribution < 1.29 is 4.79 Å². The van der Waals surface area contributed by atoms with Crippen LogP contribution in [0.15, 0.2) is 24.3 Å². The van der Waals surface area contributed by atoms with Crippen molar-refractivity contribution in [3.05, 3.63) is 29.8 Å². The predicted octanol–water partition coefficient (Wildman–Crippen LogP) is 4.70. The number of hydrogen-bond donors (Lipinski definition) is 2. The first-order chi connectivity index (χ1) is 11.9. The van der Waals surface area contributed by atoms with Crippen LogP contribution in [0.25, 0.3) is 0 Å². The minimum Gasteiger partial charge on any atom is -0.325 e. The molecule has 3 nitrogen and oxygen atoms in total. The normalized spacial score (nSPS) is 34.3. The zero-order valence-electron chi connectivity index (χ0n) is 15.8. The molecule has 0 spiro atoms. The summed E-state index contributed by atoms with van der Waals surface area (Å²) in [6, 6.07) is 8.12. The van der Waals surface area contributed by atoms with Crippen molar-refractivity contribution in [2.24, 2.45) is 17.8 Å². The molecule has 0 radical (unpaired) electrons. The second-order valence-electron chi connectivity index (χ2n) is 9.33. The summed E-state index contributed by atoms with van der Waals surface area (Å²) in [5, 5.41) is 6.85. The van der Waals surface area contributed by atoms with E-state index in [1.165, 1.54) is 44.1 Å². The van der Waals surface area contributed by atoms with Crippen LogP contribution in [-0.2, 0) is 4.79 Å². The Hall–Kier alpha value is -1.35. The molecule has 1 atom stereocenters. The molecule has 0 aromatic heterocycles. The number of carbonyl (C=O) groups excluding carboxylic acids is 1. The molecule has 4 aliphatic rings. The van der Waals surface area contributed by atoms with E-state index in [2.05, 4.69) is 36.6 Å². The monoisotopic (exact) mass is 340 g/mol. The molecule has 0 aliphatic heterocycles. The average molecular weight is 341 g/mol. The Bertz CT molecular complexity index is 599. The number of rotatable bonds is 5. The largest absolute Gasteiger partial charge is 0.325 e. The van der Waals surface area contributed by atoms with Gasteiger partial charge in [0.15, 0.2) is 0 Å². The molecule has 4 aliphatic carbocycles. The lowest BCUT2D eigenvalue weighted by Crippen LogP contribution is -2.62. The van der Waals surface area contributed by atoms with Crippen LogP contribution in [0.4, 0.5) is 5.69 Å². The highest BCUT2D eigenvalue weighted by atomic mass is 16.2. The topological polar surface area (TPSA) is 41.1 Å². The van der Waals surface area contributed by atoms with Gasteiger partial charge in [-0.05, 0) is 86.8 Å². The maximum absolute atomic E-state index is 12.7. The molecule has 0 heterocycles. The van der Waals surface area contributed by atoms with Crippen LogP contribution in [-0.4, -0.2) is 17.5 Å². The zero-order valence-corrected chi connectivity index (χ0v) is 15.8. The van der Waals surface area contributed by atoms with Crippen molar-refractivity contribution in [1.29, 1.82) is 0 Å². The van der Waals surface area contributed by atoms with E-state index in [1.807, 2.05) is 19.1 Å². The fourth-order valence-corrected chi connectivity index (χ4v) is 6.01. The second-order valence-corrected chi connectivity index (χ2v) is 9.33. The maximum Gasteiger partial charge on any atom is 0.241 e. The number of anilines is 1. The Morgan fingerprint density at radius 3 is 1.96 bits per heavy atom. The van der Waals surface area contributed by atoms with Gasteiger partial charge in [0.1, 0.15) is 0 Å². The summed E-state index contributed by atoms with van der Waals surface area (Å²) in [5.41, 5.74) is 2.43. The summed E-state index contributed by atoms with van der Waals surface area (Å²) in [6.45, 7) is 6.40. The first-order valence-electron chi connectivity index (χ1n) is 10.1. The molecule has 4 bridgehead atoms. The minimum atomic E-state index is -0.138. The Morgan fingerprint density at radius 2 is 1.48 bits per heavy atom. The van der Waals surface area contributed by atoms with Crippen molar-refractivity contribution >= 4 is 11.6 Å². The highest BCUT2D eigenvalue weighted by Gasteiger charge is 2.51. The first kappa shape index (κ1) is 17.1. The van der Waals surface area contributed by atoms with E-state index in [0.29, 0.717) is 5.92 Å². The van der Waals surface area contributed by atoms with Crippen molar-refractivity contribution in [3.8, 4) is 0 Å². The lowest BCUT2D eigenvalue weighted by molar-refractivity contribution is -0.119. The third-order valence-electron chi connectivity index (χ3n) is 6.80. The second kappa shape index (κ2) is 6.42. The maximum atomic E-state index is 12.7. The van der Waals surface area contributed by atoms with Crippen LogP contribution in [0.2, 0.25) is 0 Å². The SMILES string of the molecule is CC(C)c1ccc(NC(=O)[C@@H](C)NC23CC4CC(CC(C4)C2)C3)cc1. The van der Waals surface area contributed by atoms with E-state index in [4.69, 9.17) is 0 Å². The standard InChI is InChI=1S/C22H32N2O/c1-14(2)19-4-6-20(7-5-19)23-21(25)15(3)24-22-11-16-8-17(12-22)10-18(9-16)13-22/h4-7,14-18,24H,8-13H2,1-3H3,(H,23,25)/t15-,16?,17?,18?,22?/m1/s1. The first-order valence-corrected chi connectivity index (χ1v) is 10.1. The van der Waals surface area contributed by atoms with Crippen LogP contribution >= 0.6 is 0 Å². The fourth-order valence-electron chi connectivity index (χ4n) is 6.01. The fraction of sp³-hybridized carbons (Fsp3) is 0.682. The van der Waals surface area contributed by atoms with Gasteiger partial charge in [-0.15, -0.1) is 0 Å². The van der Waals surface area contributed by atoms with Gasteiger partial charge in [0, 0.05) is 11.2 Å². The summed E-state index contributed by atoms with van der Waals surface area (Å²) in [6.07, 6.45) is 8.14. The van der Waals surface area contributed by atoms with Crippen LogP contribution < -0.4 is 10.6 Å². The average Bonchev–Trinajstić information content (AvgIpc) is 2.53. The van der Waals surface area contributed by atoms with Gasteiger partial charge in [-0.1, -0.05) is 26.0 Å². The van der Waals surface area contributed by atoms with Crippen molar-refractivity contribution in [2.45, 2.75) is 76.8 Å². The van der Waals surface area contributed by atoms with Crippen molar-refractivity contribution in [1.82, 2.24) is 5.32 Å². The molecule has 3 heteroatoms. The molecule has 2 N–H and O–H groups in total. The molecular formula is C22H32N2O. The van der Waals surface area contributed by atoms with Gasteiger partial charge in [0.25, 0.3) is 0 Å². The van der Waals surface area contributed by atoms with Gasteiger partial charge in [-0.2, -0.15) is 0 Å². The molecule has 4 saturated carbocycles. The molecular weight excluding hydrogens is 308 g/mol. The molecule has 0 saturated heterocycles. The molecule has 0 unspecified atom stereocenters. The molecule has 5 rings (SSSR count). The summed E-state index contributed by atoms with van der Waals surface area (Å²) < 4.78 is 0. The van der Waals surface area contributed by atoms with Crippen LogP contribution in [0.5, 0.6) is 0 Å². The van der Waals surface area contributed by atoms with Gasteiger partial charge in [-0.25, -0.2) is 0 Å². The Labute approximate surface area is 152 Å². The highest BCUT2D eigenvalue weighted by molar-refractivity contribution is 5.94. The number of amides is 1. The quantitative estimate of drug-likeness (QED) is 0.816. The van der Waals surface area contributed by atoms with Gasteiger partial charge in [0.05, 0.1) is 6.04 Å². The van der Waals surface area contributed by atoms with Gasteiger partial charge >= 0.3 is 0 Å². The third-order valence-corrected chi connectivity index (χ3v) is 6.80. The number of benzene rings is 1. The van der Waals surface area contributed by atoms with E-state index < -0.39 is 0 Å². The van der Waals surface area contributed by atoms with Gasteiger partial charge in [-0.3, -0.25) is 4.79 Å². The Balaban J connectivity index is 1.38. The van der Waals surface area contributed by atoms with E-state index in [1.54, 1.807) is 0 Å². The predicted molar refractivity (Wildman–Crippen MR) is 103 cm³/mol. The molecule has 1 aromatic carbocycles. The minimum absolute atomic E-state index is 0.0908. The summed E-state index contributed by atoms with van der Waals surface area (Å²) >= 11 is 0. The molecule has 136 valence electrons. The van der Waals surface area contributed by atoms with E-state index in [-0.39, 0.29) is 17.5 Å². The van der Waals surface area contributed by atoms with Crippen LogP contribution in [0.3, 0.4) is 0 Å². The Morgan fingerprint density at radius 1 is 0.960 bits per heavy atom. The molecule has 1 aromatic rings. The van der Waals surface area contributed by atoms with Gasteiger partial charge < -0.3 is 10.6 Å². The Kier molecular flexibility index (Phi) is 4.39. The van der Waals surface area contributed by atoms with Crippen molar-refractivity contribution in [3.63, 3.8) is 0 Å². The number of hydrogen-bond acceptors (Lipinski definition) is 2. The smallest absolute Gasteiger partial charge is 0.241 e. The van der Waals surface area contributed by atoms with E-state index >= 15 is 0 Å². The lowest BCUT2D eigenvalue weighted by atomic mass is 9.53. The molecule has 25 heavy (non-hydrogen) atoms. The number of carbonyl (C=O) groups is 1. The van der Waals surface area contributed by atoms with Crippen LogP contribution in [0.1, 0.15) is 70.8 Å². The van der Waals surface area contributed by atoms with E-state index in [0.717, 1.165) is 23.4 Å². The summed E-state index contributed by atoms with van der Waals surface area (Å²) in [4.78, 5) is 12.7. The lowest BCUT2D eigenvalue weighted by Gasteiger charge is -2.57. The number of nitrogens with one attached hydrogen (secondary N) is 2. The van der Waals surface area contributed by atoms with Gasteiger partial charge in [0.2, 0.25) is 5.91 Å².